The van der Waals surface area contributed by atoms with Gasteiger partial charge in [-0.2, -0.15) is 0 Å². The van der Waals surface area contributed by atoms with Crippen molar-refractivity contribution in [3.63, 3.8) is 0 Å². The van der Waals surface area contributed by atoms with E-state index >= 15 is 0 Å². The second-order valence-corrected chi connectivity index (χ2v) is 11.4. The number of Topliss-reactive ketones (excluding diaryl/α,β-unsaturated/α-hetero) is 1. The van der Waals surface area contributed by atoms with Gasteiger partial charge in [-0.1, -0.05) is 38.1 Å². The van der Waals surface area contributed by atoms with Gasteiger partial charge in [-0.15, -0.1) is 11.8 Å². The van der Waals surface area contributed by atoms with Gasteiger partial charge in [0.2, 0.25) is 5.91 Å². The number of nitrogens with zero attached hydrogens (tertiary/aromatic N) is 1. The van der Waals surface area contributed by atoms with Crippen molar-refractivity contribution in [3.8, 4) is 0 Å². The van der Waals surface area contributed by atoms with Gasteiger partial charge in [0.05, 0.1) is 17.0 Å². The van der Waals surface area contributed by atoms with Gasteiger partial charge in [0.1, 0.15) is 11.3 Å². The van der Waals surface area contributed by atoms with Crippen LogP contribution in [0.3, 0.4) is 0 Å². The van der Waals surface area contributed by atoms with E-state index in [1.807, 2.05) is 0 Å². The quantitative estimate of drug-likeness (QED) is 0.412. The second kappa shape index (κ2) is 9.33. The molecule has 2 heterocycles. The van der Waals surface area contributed by atoms with Crippen LogP contribution in [0.4, 0.5) is 10.1 Å². The highest BCUT2D eigenvalue weighted by molar-refractivity contribution is 7.99. The maximum atomic E-state index is 13.7. The summed E-state index contributed by atoms with van der Waals surface area (Å²) in [7, 11) is 0. The molecule has 0 spiro atoms. The van der Waals surface area contributed by atoms with E-state index in [4.69, 9.17) is 0 Å². The third-order valence-corrected chi connectivity index (χ3v) is 8.07. The number of ketones is 1. The van der Waals surface area contributed by atoms with E-state index in [9.17, 15) is 24.1 Å². The van der Waals surface area contributed by atoms with Crippen molar-refractivity contribution in [1.29, 1.82) is 0 Å². The Hall–Kier alpha value is -3.24. The molecule has 2 aromatic carbocycles. The molecule has 0 saturated carbocycles. The lowest BCUT2D eigenvalue weighted by molar-refractivity contribution is -0.384. The second-order valence-electron chi connectivity index (χ2n) is 10.3. The summed E-state index contributed by atoms with van der Waals surface area (Å²) >= 11 is 1.47. The van der Waals surface area contributed by atoms with Crippen molar-refractivity contribution in [2.45, 2.75) is 50.0 Å². The Morgan fingerprint density at radius 2 is 1.75 bits per heavy atom. The topological polar surface area (TPSA) is 113 Å². The zero-order chi connectivity index (χ0) is 25.6. The smallest absolute Gasteiger partial charge is 0.269 e. The number of carbonyl (C=O) groups is 2. The van der Waals surface area contributed by atoms with Crippen LogP contribution in [0.1, 0.15) is 43.7 Å². The van der Waals surface area contributed by atoms with Crippen molar-refractivity contribution in [1.82, 2.24) is 16.0 Å². The first-order valence-corrected chi connectivity index (χ1v) is 12.9. The molecule has 0 radical (unpaired) electrons. The van der Waals surface area contributed by atoms with Crippen molar-refractivity contribution in [2.24, 2.45) is 11.3 Å². The Morgan fingerprint density at radius 1 is 1.06 bits per heavy atom. The minimum Gasteiger partial charge on any atom is -0.372 e. The first-order chi connectivity index (χ1) is 17.1. The normalized spacial score (nSPS) is 27.0. The molecule has 1 aliphatic carbocycles. The van der Waals surface area contributed by atoms with Crippen LogP contribution < -0.4 is 16.0 Å². The fourth-order valence-electron chi connectivity index (χ4n) is 5.38. The Balaban J connectivity index is 1.40. The Bertz CT molecular complexity index is 1250. The summed E-state index contributed by atoms with van der Waals surface area (Å²) in [6, 6.07) is 12.4. The van der Waals surface area contributed by atoms with Crippen LogP contribution in [0.5, 0.6) is 0 Å². The van der Waals surface area contributed by atoms with E-state index in [2.05, 4.69) is 29.8 Å². The van der Waals surface area contributed by atoms with Crippen LogP contribution in [0.15, 0.2) is 59.8 Å². The predicted octanol–water partition coefficient (Wildman–Crippen LogP) is 3.94. The van der Waals surface area contributed by atoms with Gasteiger partial charge in [0.25, 0.3) is 5.69 Å². The molecule has 0 aromatic heterocycles. The van der Waals surface area contributed by atoms with E-state index in [-0.39, 0.29) is 28.6 Å². The number of allylic oxidation sites excluding steroid dienone is 2. The van der Waals surface area contributed by atoms with Crippen LogP contribution >= 0.6 is 11.8 Å². The number of nitro groups is 1. The molecule has 1 amide bonds. The standard InChI is InChI=1S/C26H27FN4O4S/c1-26(2)11-18-21(19(32)12-26)20(15-5-7-16(27)8-6-15)22-23(28-18)29-25(30-24(22)33)36-13-14-3-9-17(10-4-14)31(34)35/h3-10,20,22-23,25,28-29H,11-13H2,1-2H3,(H,30,33). The van der Waals surface area contributed by atoms with Crippen molar-refractivity contribution < 1.29 is 18.9 Å². The first-order valence-electron chi connectivity index (χ1n) is 11.8. The largest absolute Gasteiger partial charge is 0.372 e. The molecule has 4 atom stereocenters. The molecule has 5 rings (SSSR count). The molecule has 4 unspecified atom stereocenters. The molecule has 1 saturated heterocycles. The van der Waals surface area contributed by atoms with E-state index in [0.29, 0.717) is 24.2 Å². The minimum atomic E-state index is -0.587. The predicted molar refractivity (Wildman–Crippen MR) is 134 cm³/mol. The lowest BCUT2D eigenvalue weighted by Crippen LogP contribution is -2.68. The van der Waals surface area contributed by atoms with Gasteiger partial charge in [0.15, 0.2) is 5.78 Å². The van der Waals surface area contributed by atoms with E-state index in [1.165, 1.54) is 36.0 Å². The van der Waals surface area contributed by atoms with E-state index in [1.54, 1.807) is 24.3 Å². The van der Waals surface area contributed by atoms with Crippen LogP contribution in [0.25, 0.3) is 0 Å². The summed E-state index contributed by atoms with van der Waals surface area (Å²) in [6.45, 7) is 4.11. The summed E-state index contributed by atoms with van der Waals surface area (Å²) in [5.74, 6) is -1.08. The molecule has 36 heavy (non-hydrogen) atoms. The lowest BCUT2D eigenvalue weighted by atomic mass is 9.66. The van der Waals surface area contributed by atoms with Gasteiger partial charge in [-0.25, -0.2) is 4.39 Å². The highest BCUT2D eigenvalue weighted by Crippen LogP contribution is 2.47. The highest BCUT2D eigenvalue weighted by atomic mass is 32.2. The zero-order valence-electron chi connectivity index (χ0n) is 19.9. The van der Waals surface area contributed by atoms with Crippen LogP contribution in [0.2, 0.25) is 0 Å². The van der Waals surface area contributed by atoms with Gasteiger partial charge >= 0.3 is 0 Å². The van der Waals surface area contributed by atoms with Crippen molar-refractivity contribution in [2.75, 3.05) is 0 Å². The molecule has 1 fully saturated rings. The molecule has 3 N–H and O–H groups in total. The summed E-state index contributed by atoms with van der Waals surface area (Å²) < 4.78 is 13.7. The number of hydrogen-bond donors (Lipinski definition) is 3. The first kappa shape index (κ1) is 24.5. The molecule has 2 aromatic rings. The number of non-ortho nitro benzene ring substituents is 1. The third kappa shape index (κ3) is 4.75. The SMILES string of the molecule is CC1(C)CC(=O)C2=C(C1)NC1NC(SCc3ccc([N+](=O)[O-])cc3)NC(=O)C1C2c1ccc(F)cc1. The summed E-state index contributed by atoms with van der Waals surface area (Å²) in [6.07, 6.45) is 0.660. The number of rotatable bonds is 5. The Kier molecular flexibility index (Phi) is 6.34. The van der Waals surface area contributed by atoms with E-state index in [0.717, 1.165) is 16.8 Å². The summed E-state index contributed by atoms with van der Waals surface area (Å²) in [5.41, 5.74) is 2.53. The van der Waals surface area contributed by atoms with Gasteiger partial charge in [0, 0.05) is 41.5 Å². The van der Waals surface area contributed by atoms with Crippen molar-refractivity contribution >= 4 is 29.1 Å². The Morgan fingerprint density at radius 3 is 2.42 bits per heavy atom. The number of halogens is 1. The van der Waals surface area contributed by atoms with Gasteiger partial charge in [-0.05, 0) is 35.1 Å². The molecule has 0 bridgehead atoms. The number of hydrogen-bond acceptors (Lipinski definition) is 7. The van der Waals surface area contributed by atoms with Gasteiger partial charge < -0.3 is 10.6 Å². The molecule has 188 valence electrons. The molecule has 2 aliphatic heterocycles. The number of nitro benzene ring substituents is 1. The third-order valence-electron chi connectivity index (χ3n) is 6.98. The number of carbonyl (C=O) groups excluding carboxylic acids is 2. The molecule has 3 aliphatic rings. The minimum absolute atomic E-state index is 0.0176. The van der Waals surface area contributed by atoms with Crippen LogP contribution in [-0.4, -0.2) is 28.3 Å². The molecule has 8 nitrogen and oxygen atoms in total. The Labute approximate surface area is 212 Å². The van der Waals surface area contributed by atoms with Crippen LogP contribution in [0, 0.1) is 27.3 Å². The summed E-state index contributed by atoms with van der Waals surface area (Å²) in [4.78, 5) is 37.2. The van der Waals surface area contributed by atoms with Crippen molar-refractivity contribution in [3.05, 3.63) is 86.9 Å². The number of amides is 1. The number of fused-ring (bicyclic) bond motifs is 1. The fourth-order valence-corrected chi connectivity index (χ4v) is 6.37. The number of nitrogens with one attached hydrogen (secondary N) is 3. The van der Waals surface area contributed by atoms with Crippen LogP contribution in [-0.2, 0) is 15.3 Å². The molecular formula is C26H27FN4O4S. The van der Waals surface area contributed by atoms with Gasteiger partial charge in [-0.3, -0.25) is 25.0 Å². The lowest BCUT2D eigenvalue weighted by Gasteiger charge is -2.48. The average molecular weight is 511 g/mol. The fraction of sp³-hybridized carbons (Fsp3) is 0.385. The highest BCUT2D eigenvalue weighted by Gasteiger charge is 2.50. The maximum absolute atomic E-state index is 13.7. The number of benzene rings is 2. The number of thioether (sulfide) groups is 1. The summed E-state index contributed by atoms with van der Waals surface area (Å²) in [5, 5.41) is 20.8. The molecule has 10 heteroatoms. The van der Waals surface area contributed by atoms with E-state index < -0.39 is 28.4 Å². The molecular weight excluding hydrogens is 483 g/mol. The monoisotopic (exact) mass is 510 g/mol. The zero-order valence-corrected chi connectivity index (χ0v) is 20.7. The maximum Gasteiger partial charge on any atom is 0.269 e. The average Bonchev–Trinajstić information content (AvgIpc) is 2.81.